The fraction of sp³-hybridized carbons (Fsp3) is 0.857. The Bertz CT molecular complexity index is 141. The zero-order chi connectivity index (χ0) is 7.61. The number of rotatable bonds is 3. The number of nitrogens with two attached hydrogens (primary N) is 1. The number of nitrogens with one attached hydrogen (secondary N) is 1. The molecule has 3 heteroatoms. The molecule has 1 amide bonds. The van der Waals surface area contributed by atoms with Gasteiger partial charge in [-0.1, -0.05) is 6.92 Å². The van der Waals surface area contributed by atoms with Gasteiger partial charge in [-0.05, 0) is 12.8 Å². The highest BCUT2D eigenvalue weighted by molar-refractivity contribution is 5.76. The fourth-order valence-electron chi connectivity index (χ4n) is 0.915. The topological polar surface area (TPSA) is 55.1 Å². The Balaban J connectivity index is 2.30. The molecule has 0 spiro atoms. The van der Waals surface area contributed by atoms with Crippen molar-refractivity contribution < 1.29 is 4.79 Å². The summed E-state index contributed by atoms with van der Waals surface area (Å²) in [5, 5.41) is 2.90. The molecular formula is C7H14N2O. The first-order chi connectivity index (χ1) is 4.72. The molecule has 0 saturated heterocycles. The highest BCUT2D eigenvalue weighted by Gasteiger charge is 2.42. The van der Waals surface area contributed by atoms with E-state index in [9.17, 15) is 4.79 Å². The Labute approximate surface area is 61.0 Å². The highest BCUT2D eigenvalue weighted by Crippen LogP contribution is 2.33. The Kier molecular flexibility index (Phi) is 1.94. The second-order valence-electron chi connectivity index (χ2n) is 2.89. The highest BCUT2D eigenvalue weighted by atomic mass is 16.1. The van der Waals surface area contributed by atoms with Crippen LogP contribution in [0.5, 0.6) is 0 Å². The lowest BCUT2D eigenvalue weighted by molar-refractivity contribution is -0.121. The van der Waals surface area contributed by atoms with Crippen molar-refractivity contribution in [3.63, 3.8) is 0 Å². The van der Waals surface area contributed by atoms with Crippen LogP contribution < -0.4 is 11.1 Å². The van der Waals surface area contributed by atoms with Crippen molar-refractivity contribution >= 4 is 5.91 Å². The van der Waals surface area contributed by atoms with Crippen molar-refractivity contribution in [2.75, 3.05) is 6.54 Å². The first-order valence-electron chi connectivity index (χ1n) is 3.73. The molecule has 0 aromatic carbocycles. The summed E-state index contributed by atoms with van der Waals surface area (Å²) in [5.74, 6) is 0.114. The first-order valence-corrected chi connectivity index (χ1v) is 3.73. The molecule has 1 fully saturated rings. The molecule has 0 aromatic heterocycles. The van der Waals surface area contributed by atoms with Gasteiger partial charge >= 0.3 is 0 Å². The molecule has 3 nitrogen and oxygen atoms in total. The van der Waals surface area contributed by atoms with Crippen LogP contribution in [0.1, 0.15) is 26.2 Å². The van der Waals surface area contributed by atoms with Crippen LogP contribution in [0.2, 0.25) is 0 Å². The Morgan fingerprint density at radius 2 is 2.30 bits per heavy atom. The van der Waals surface area contributed by atoms with Crippen LogP contribution in [0.15, 0.2) is 0 Å². The maximum absolute atomic E-state index is 10.9. The number of hydrogen-bond donors (Lipinski definition) is 2. The number of hydrogen-bond acceptors (Lipinski definition) is 2. The minimum atomic E-state index is -0.00685. The van der Waals surface area contributed by atoms with E-state index in [1.54, 1.807) is 0 Å². The predicted octanol–water partition coefficient (Wildman–Crippen LogP) is 0.00390. The lowest BCUT2D eigenvalue weighted by Crippen LogP contribution is -2.41. The van der Waals surface area contributed by atoms with E-state index in [0.717, 1.165) is 12.8 Å². The third-order valence-electron chi connectivity index (χ3n) is 1.97. The van der Waals surface area contributed by atoms with Gasteiger partial charge in [-0.2, -0.15) is 0 Å². The monoisotopic (exact) mass is 142 g/mol. The second kappa shape index (κ2) is 2.58. The van der Waals surface area contributed by atoms with Gasteiger partial charge in [-0.25, -0.2) is 0 Å². The summed E-state index contributed by atoms with van der Waals surface area (Å²) in [7, 11) is 0. The summed E-state index contributed by atoms with van der Waals surface area (Å²) in [6, 6.07) is 0. The third-order valence-corrected chi connectivity index (χ3v) is 1.97. The standard InChI is InChI=1S/C7H14N2O/c1-2-6(10)9-7(5-8)3-4-7/h2-5,8H2,1H3,(H,9,10). The van der Waals surface area contributed by atoms with Crippen molar-refractivity contribution in [2.24, 2.45) is 5.73 Å². The van der Waals surface area contributed by atoms with Gasteiger partial charge in [0, 0.05) is 13.0 Å². The fourth-order valence-corrected chi connectivity index (χ4v) is 0.915. The largest absolute Gasteiger partial charge is 0.349 e. The molecule has 0 aromatic rings. The molecule has 0 heterocycles. The third kappa shape index (κ3) is 1.48. The van der Waals surface area contributed by atoms with Crippen molar-refractivity contribution in [3.05, 3.63) is 0 Å². The van der Waals surface area contributed by atoms with E-state index >= 15 is 0 Å². The first kappa shape index (κ1) is 7.54. The van der Waals surface area contributed by atoms with Gasteiger partial charge in [-0.15, -0.1) is 0 Å². The number of carbonyl (C=O) groups excluding carboxylic acids is 1. The van der Waals surface area contributed by atoms with Gasteiger partial charge in [0.1, 0.15) is 0 Å². The second-order valence-corrected chi connectivity index (χ2v) is 2.89. The average Bonchev–Trinajstić information content (AvgIpc) is 2.70. The molecule has 1 aliphatic rings. The van der Waals surface area contributed by atoms with E-state index in [-0.39, 0.29) is 11.4 Å². The summed E-state index contributed by atoms with van der Waals surface area (Å²) in [4.78, 5) is 10.9. The lowest BCUT2D eigenvalue weighted by atomic mass is 10.2. The number of amides is 1. The van der Waals surface area contributed by atoms with Crippen LogP contribution in [0.3, 0.4) is 0 Å². The number of carbonyl (C=O) groups is 1. The Hall–Kier alpha value is -0.570. The van der Waals surface area contributed by atoms with E-state index in [1.165, 1.54) is 0 Å². The van der Waals surface area contributed by atoms with Crippen molar-refractivity contribution in [2.45, 2.75) is 31.7 Å². The van der Waals surface area contributed by atoms with Crippen LogP contribution in [0, 0.1) is 0 Å². The van der Waals surface area contributed by atoms with Crippen LogP contribution in [0.4, 0.5) is 0 Å². The molecule has 58 valence electrons. The van der Waals surface area contributed by atoms with E-state index in [0.29, 0.717) is 13.0 Å². The Morgan fingerprint density at radius 3 is 2.60 bits per heavy atom. The van der Waals surface area contributed by atoms with Crippen molar-refractivity contribution in [1.29, 1.82) is 0 Å². The molecule has 0 atom stereocenters. The van der Waals surface area contributed by atoms with Crippen molar-refractivity contribution in [3.8, 4) is 0 Å². The molecule has 3 N–H and O–H groups in total. The summed E-state index contributed by atoms with van der Waals surface area (Å²) in [5.41, 5.74) is 5.45. The predicted molar refractivity (Wildman–Crippen MR) is 39.5 cm³/mol. The van der Waals surface area contributed by atoms with Gasteiger partial charge < -0.3 is 11.1 Å². The van der Waals surface area contributed by atoms with E-state index in [2.05, 4.69) is 5.32 Å². The molecule has 1 rings (SSSR count). The van der Waals surface area contributed by atoms with Crippen molar-refractivity contribution in [1.82, 2.24) is 5.32 Å². The minimum absolute atomic E-state index is 0.00685. The zero-order valence-electron chi connectivity index (χ0n) is 6.31. The molecule has 0 bridgehead atoms. The molecule has 1 saturated carbocycles. The quantitative estimate of drug-likeness (QED) is 0.583. The van der Waals surface area contributed by atoms with Gasteiger partial charge in [0.15, 0.2) is 0 Å². The molecular weight excluding hydrogens is 128 g/mol. The molecule has 0 aliphatic heterocycles. The SMILES string of the molecule is CCC(=O)NC1(CN)CC1. The summed E-state index contributed by atoms with van der Waals surface area (Å²) in [6.07, 6.45) is 2.66. The smallest absolute Gasteiger partial charge is 0.220 e. The van der Waals surface area contributed by atoms with Gasteiger partial charge in [0.2, 0.25) is 5.91 Å². The minimum Gasteiger partial charge on any atom is -0.349 e. The summed E-state index contributed by atoms with van der Waals surface area (Å²) < 4.78 is 0. The van der Waals surface area contributed by atoms with Crippen LogP contribution in [0.25, 0.3) is 0 Å². The van der Waals surface area contributed by atoms with Crippen LogP contribution >= 0.6 is 0 Å². The lowest BCUT2D eigenvalue weighted by Gasteiger charge is -2.13. The normalized spacial score (nSPS) is 20.2. The van der Waals surface area contributed by atoms with Gasteiger partial charge in [-0.3, -0.25) is 4.79 Å². The van der Waals surface area contributed by atoms with E-state index in [4.69, 9.17) is 5.73 Å². The van der Waals surface area contributed by atoms with Crippen LogP contribution in [-0.2, 0) is 4.79 Å². The summed E-state index contributed by atoms with van der Waals surface area (Å²) in [6.45, 7) is 2.43. The molecule has 10 heavy (non-hydrogen) atoms. The average molecular weight is 142 g/mol. The molecule has 0 unspecified atom stereocenters. The van der Waals surface area contributed by atoms with Crippen LogP contribution in [-0.4, -0.2) is 18.0 Å². The maximum atomic E-state index is 10.9. The summed E-state index contributed by atoms with van der Waals surface area (Å²) >= 11 is 0. The Morgan fingerprint density at radius 1 is 1.70 bits per heavy atom. The zero-order valence-corrected chi connectivity index (χ0v) is 6.31. The maximum Gasteiger partial charge on any atom is 0.220 e. The van der Waals surface area contributed by atoms with Gasteiger partial charge in [0.25, 0.3) is 0 Å². The molecule has 0 radical (unpaired) electrons. The molecule has 1 aliphatic carbocycles. The van der Waals surface area contributed by atoms with E-state index < -0.39 is 0 Å². The van der Waals surface area contributed by atoms with Gasteiger partial charge in [0.05, 0.1) is 5.54 Å². The van der Waals surface area contributed by atoms with E-state index in [1.807, 2.05) is 6.92 Å².